The van der Waals surface area contributed by atoms with Gasteiger partial charge in [0.15, 0.2) is 0 Å². The fraction of sp³-hybridized carbons (Fsp3) is 0.0952. The Labute approximate surface area is 155 Å². The van der Waals surface area contributed by atoms with Gasteiger partial charge in [-0.1, -0.05) is 18.2 Å². The average Bonchev–Trinajstić information content (AvgIpc) is 3.29. The van der Waals surface area contributed by atoms with Crippen LogP contribution in [0.4, 0.5) is 5.69 Å². The van der Waals surface area contributed by atoms with Gasteiger partial charge in [-0.3, -0.25) is 19.3 Å². The lowest BCUT2D eigenvalue weighted by atomic mass is 10.0. The maximum atomic E-state index is 13.2. The van der Waals surface area contributed by atoms with E-state index in [1.165, 1.54) is 19.2 Å². The van der Waals surface area contributed by atoms with E-state index in [9.17, 15) is 14.4 Å². The molecule has 134 valence electrons. The number of benzene rings is 2. The van der Waals surface area contributed by atoms with Crippen LogP contribution in [0.1, 0.15) is 36.8 Å². The van der Waals surface area contributed by atoms with E-state index in [4.69, 9.17) is 4.42 Å². The van der Waals surface area contributed by atoms with Crippen LogP contribution >= 0.6 is 0 Å². The molecule has 0 aliphatic carbocycles. The summed E-state index contributed by atoms with van der Waals surface area (Å²) in [5, 5.41) is 0. The number of carbonyl (C=O) groups is 3. The zero-order valence-corrected chi connectivity index (χ0v) is 14.6. The van der Waals surface area contributed by atoms with Crippen LogP contribution in [-0.4, -0.2) is 29.7 Å². The third-order valence-corrected chi connectivity index (χ3v) is 4.54. The Morgan fingerprint density at radius 3 is 2.41 bits per heavy atom. The molecule has 3 aromatic rings. The van der Waals surface area contributed by atoms with E-state index in [1.54, 1.807) is 29.4 Å². The van der Waals surface area contributed by atoms with E-state index in [0.29, 0.717) is 22.6 Å². The zero-order valence-electron chi connectivity index (χ0n) is 14.6. The maximum absolute atomic E-state index is 13.2. The van der Waals surface area contributed by atoms with Crippen molar-refractivity contribution in [3.63, 3.8) is 0 Å². The molecule has 0 saturated heterocycles. The van der Waals surface area contributed by atoms with Crippen molar-refractivity contribution < 1.29 is 18.8 Å². The van der Waals surface area contributed by atoms with E-state index < -0.39 is 5.91 Å². The van der Waals surface area contributed by atoms with Gasteiger partial charge in [0.05, 0.1) is 23.9 Å². The molecule has 4 rings (SSSR count). The molecule has 0 unspecified atom stereocenters. The highest BCUT2D eigenvalue weighted by molar-refractivity contribution is 6.22. The quantitative estimate of drug-likeness (QED) is 0.669. The van der Waals surface area contributed by atoms with Crippen LogP contribution in [0.15, 0.2) is 71.3 Å². The molecule has 6 nitrogen and oxygen atoms in total. The number of hydrogen-bond acceptors (Lipinski definition) is 4. The minimum absolute atomic E-state index is 0.249. The SMILES string of the molecule is CN1C(=O)c2ccc(C(=O)N(Cc3ccco3)c3ccccc3)cc2C1=O. The fourth-order valence-corrected chi connectivity index (χ4v) is 3.10. The Kier molecular flexibility index (Phi) is 4.08. The van der Waals surface area contributed by atoms with Gasteiger partial charge in [0.25, 0.3) is 17.7 Å². The van der Waals surface area contributed by atoms with Gasteiger partial charge >= 0.3 is 0 Å². The lowest BCUT2D eigenvalue weighted by Crippen LogP contribution is -2.30. The molecule has 0 fully saturated rings. The van der Waals surface area contributed by atoms with Crippen LogP contribution in [0.3, 0.4) is 0 Å². The van der Waals surface area contributed by atoms with Gasteiger partial charge in [-0.05, 0) is 42.5 Å². The summed E-state index contributed by atoms with van der Waals surface area (Å²) in [5.74, 6) is -0.402. The Morgan fingerprint density at radius 1 is 0.963 bits per heavy atom. The molecule has 0 radical (unpaired) electrons. The summed E-state index contributed by atoms with van der Waals surface area (Å²) in [6.45, 7) is 0.250. The smallest absolute Gasteiger partial charge is 0.261 e. The number of imide groups is 1. The Hall–Kier alpha value is -3.67. The first-order valence-corrected chi connectivity index (χ1v) is 8.42. The Morgan fingerprint density at radius 2 is 1.70 bits per heavy atom. The van der Waals surface area contributed by atoms with Gasteiger partial charge in [0, 0.05) is 18.3 Å². The van der Waals surface area contributed by atoms with Gasteiger partial charge in [0.1, 0.15) is 5.76 Å². The minimum Gasteiger partial charge on any atom is -0.467 e. The molecule has 0 saturated carbocycles. The van der Waals surface area contributed by atoms with Crippen LogP contribution in [0.25, 0.3) is 0 Å². The van der Waals surface area contributed by atoms with Gasteiger partial charge < -0.3 is 9.32 Å². The molecular weight excluding hydrogens is 344 g/mol. The number of carbonyl (C=O) groups excluding carboxylic acids is 3. The van der Waals surface area contributed by atoms with Gasteiger partial charge in [-0.2, -0.15) is 0 Å². The second kappa shape index (κ2) is 6.57. The number of rotatable bonds is 4. The second-order valence-corrected chi connectivity index (χ2v) is 6.24. The van der Waals surface area contributed by atoms with Crippen molar-refractivity contribution in [1.29, 1.82) is 0 Å². The molecule has 1 aromatic heterocycles. The van der Waals surface area contributed by atoms with Crippen LogP contribution in [-0.2, 0) is 6.54 Å². The molecule has 0 spiro atoms. The number of para-hydroxylation sites is 1. The standard InChI is InChI=1S/C21H16N2O4/c1-22-20(25)17-10-9-14(12-18(17)21(22)26)19(24)23(13-16-8-5-11-27-16)15-6-3-2-4-7-15/h2-12H,13H2,1H3. The van der Waals surface area contributed by atoms with Gasteiger partial charge in [0.2, 0.25) is 0 Å². The molecule has 6 heteroatoms. The van der Waals surface area contributed by atoms with Crippen molar-refractivity contribution in [2.75, 3.05) is 11.9 Å². The Bertz CT molecular complexity index is 1030. The van der Waals surface area contributed by atoms with Crippen molar-refractivity contribution in [3.8, 4) is 0 Å². The van der Waals surface area contributed by atoms with Crippen LogP contribution in [0, 0.1) is 0 Å². The number of amides is 3. The lowest BCUT2D eigenvalue weighted by molar-refractivity contribution is 0.0693. The largest absolute Gasteiger partial charge is 0.467 e. The van der Waals surface area contributed by atoms with Crippen LogP contribution in [0.5, 0.6) is 0 Å². The summed E-state index contributed by atoms with van der Waals surface area (Å²) in [5.41, 5.74) is 1.61. The molecule has 2 aromatic carbocycles. The second-order valence-electron chi connectivity index (χ2n) is 6.24. The number of anilines is 1. The first-order valence-electron chi connectivity index (χ1n) is 8.42. The summed E-state index contributed by atoms with van der Waals surface area (Å²) < 4.78 is 5.39. The molecule has 1 aliphatic heterocycles. The van der Waals surface area contributed by atoms with E-state index in [-0.39, 0.29) is 23.9 Å². The Balaban J connectivity index is 1.72. The van der Waals surface area contributed by atoms with Gasteiger partial charge in [-0.25, -0.2) is 0 Å². The number of hydrogen-bond donors (Lipinski definition) is 0. The van der Waals surface area contributed by atoms with Crippen molar-refractivity contribution in [2.45, 2.75) is 6.54 Å². The van der Waals surface area contributed by atoms with Crippen molar-refractivity contribution >= 4 is 23.4 Å². The van der Waals surface area contributed by atoms with Crippen LogP contribution < -0.4 is 4.90 Å². The molecule has 0 atom stereocenters. The average molecular weight is 360 g/mol. The highest BCUT2D eigenvalue weighted by Crippen LogP contribution is 2.25. The molecule has 27 heavy (non-hydrogen) atoms. The van der Waals surface area contributed by atoms with Crippen molar-refractivity contribution in [3.05, 3.63) is 89.4 Å². The molecular formula is C21H16N2O4. The number of nitrogens with zero attached hydrogens (tertiary/aromatic N) is 2. The maximum Gasteiger partial charge on any atom is 0.261 e. The van der Waals surface area contributed by atoms with Crippen molar-refractivity contribution in [2.24, 2.45) is 0 Å². The molecule has 3 amide bonds. The molecule has 0 N–H and O–H groups in total. The third kappa shape index (κ3) is 2.91. The summed E-state index contributed by atoms with van der Waals surface area (Å²) in [7, 11) is 1.43. The number of furan rings is 1. The third-order valence-electron chi connectivity index (χ3n) is 4.54. The molecule has 2 heterocycles. The summed E-state index contributed by atoms with van der Waals surface area (Å²) in [4.78, 5) is 40.1. The highest BCUT2D eigenvalue weighted by atomic mass is 16.3. The normalized spacial score (nSPS) is 13.0. The van der Waals surface area contributed by atoms with E-state index in [0.717, 1.165) is 4.90 Å². The minimum atomic E-state index is -0.401. The first-order chi connectivity index (χ1) is 13.1. The predicted molar refractivity (Wildman–Crippen MR) is 98.5 cm³/mol. The highest BCUT2D eigenvalue weighted by Gasteiger charge is 2.33. The van der Waals surface area contributed by atoms with Crippen LogP contribution in [0.2, 0.25) is 0 Å². The monoisotopic (exact) mass is 360 g/mol. The number of fused-ring (bicyclic) bond motifs is 1. The van der Waals surface area contributed by atoms with Crippen molar-refractivity contribution in [1.82, 2.24) is 4.90 Å². The molecule has 1 aliphatic rings. The predicted octanol–water partition coefficient (Wildman–Crippen LogP) is 3.35. The fourth-order valence-electron chi connectivity index (χ4n) is 3.10. The van der Waals surface area contributed by atoms with E-state index in [2.05, 4.69) is 0 Å². The summed E-state index contributed by atoms with van der Waals surface area (Å²) >= 11 is 0. The molecule has 0 bridgehead atoms. The zero-order chi connectivity index (χ0) is 19.0. The van der Waals surface area contributed by atoms with E-state index in [1.807, 2.05) is 30.3 Å². The summed E-state index contributed by atoms with van der Waals surface area (Å²) in [6, 6.07) is 17.4. The van der Waals surface area contributed by atoms with E-state index >= 15 is 0 Å². The van der Waals surface area contributed by atoms with Gasteiger partial charge in [-0.15, -0.1) is 0 Å². The summed E-state index contributed by atoms with van der Waals surface area (Å²) in [6.07, 6.45) is 1.55. The lowest BCUT2D eigenvalue weighted by Gasteiger charge is -2.22. The topological polar surface area (TPSA) is 70.8 Å². The first kappa shape index (κ1) is 16.8.